The lowest BCUT2D eigenvalue weighted by Gasteiger charge is -2.26. The van der Waals surface area contributed by atoms with Gasteiger partial charge in [-0.15, -0.1) is 0 Å². The van der Waals surface area contributed by atoms with Gasteiger partial charge in [0.15, 0.2) is 0 Å². The van der Waals surface area contributed by atoms with Crippen LogP contribution in [0.3, 0.4) is 0 Å². The van der Waals surface area contributed by atoms with Crippen LogP contribution in [0.25, 0.3) is 0 Å². The third-order valence-electron chi connectivity index (χ3n) is 2.57. The van der Waals surface area contributed by atoms with E-state index >= 15 is 0 Å². The van der Waals surface area contributed by atoms with Crippen LogP contribution in [-0.4, -0.2) is 41.5 Å². The zero-order valence-electron chi connectivity index (χ0n) is 13.2. The van der Waals surface area contributed by atoms with E-state index < -0.39 is 17.3 Å². The number of hydrogen-bond donors (Lipinski definition) is 3. The molecule has 2 atom stereocenters. The van der Waals surface area contributed by atoms with E-state index in [4.69, 9.17) is 4.74 Å². The zero-order valence-corrected chi connectivity index (χ0v) is 13.2. The van der Waals surface area contributed by atoms with Crippen molar-refractivity contribution in [3.05, 3.63) is 0 Å². The van der Waals surface area contributed by atoms with Crippen molar-refractivity contribution in [2.45, 2.75) is 71.6 Å². The summed E-state index contributed by atoms with van der Waals surface area (Å²) >= 11 is 0. The van der Waals surface area contributed by atoms with Crippen molar-refractivity contribution in [2.75, 3.05) is 13.1 Å². The maximum absolute atomic E-state index is 11.5. The van der Waals surface area contributed by atoms with Crippen LogP contribution >= 0.6 is 0 Å². The lowest BCUT2D eigenvalue weighted by Crippen LogP contribution is -2.46. The quantitative estimate of drug-likeness (QED) is 0.664. The number of hydrogen-bond acceptors (Lipinski definition) is 4. The Morgan fingerprint density at radius 1 is 1.32 bits per heavy atom. The van der Waals surface area contributed by atoms with Gasteiger partial charge in [-0.05, 0) is 41.0 Å². The van der Waals surface area contributed by atoms with Gasteiger partial charge in [0.2, 0.25) is 0 Å². The molecule has 0 spiro atoms. The second-order valence-corrected chi connectivity index (χ2v) is 6.41. The van der Waals surface area contributed by atoms with Gasteiger partial charge < -0.3 is 20.5 Å². The van der Waals surface area contributed by atoms with Crippen molar-refractivity contribution in [1.82, 2.24) is 10.6 Å². The summed E-state index contributed by atoms with van der Waals surface area (Å²) in [6.07, 6.45) is 1.28. The smallest absolute Gasteiger partial charge is 0.407 e. The number of rotatable bonds is 7. The first-order valence-corrected chi connectivity index (χ1v) is 6.98. The summed E-state index contributed by atoms with van der Waals surface area (Å²) in [6.45, 7) is 12.3. The molecular weight excluding hydrogens is 244 g/mol. The second-order valence-electron chi connectivity index (χ2n) is 6.41. The Balaban J connectivity index is 3.87. The molecule has 0 heterocycles. The molecule has 0 rings (SSSR count). The third kappa shape index (κ3) is 10.8. The van der Waals surface area contributed by atoms with Gasteiger partial charge in [-0.3, -0.25) is 0 Å². The van der Waals surface area contributed by atoms with Crippen LogP contribution in [0.4, 0.5) is 4.79 Å². The number of carbonyl (C=O) groups excluding carboxylic acids is 1. The number of aliphatic hydroxyl groups is 1. The van der Waals surface area contributed by atoms with Gasteiger partial charge in [0.25, 0.3) is 0 Å². The first kappa shape index (κ1) is 18.2. The molecular formula is C14H30N2O3. The Bertz CT molecular complexity index is 272. The summed E-state index contributed by atoms with van der Waals surface area (Å²) in [6, 6.07) is 0.0795. The molecule has 0 saturated carbocycles. The maximum Gasteiger partial charge on any atom is 0.407 e. The van der Waals surface area contributed by atoms with Crippen LogP contribution in [0.2, 0.25) is 0 Å². The summed E-state index contributed by atoms with van der Waals surface area (Å²) in [4.78, 5) is 11.5. The molecule has 3 N–H and O–H groups in total. The number of nitrogens with one attached hydrogen (secondary N) is 2. The molecule has 5 nitrogen and oxygen atoms in total. The summed E-state index contributed by atoms with van der Waals surface area (Å²) in [5.41, 5.74) is -1.18. The Morgan fingerprint density at radius 2 is 1.89 bits per heavy atom. The highest BCUT2D eigenvalue weighted by Gasteiger charge is 2.20. The van der Waals surface area contributed by atoms with Crippen LogP contribution in [-0.2, 0) is 4.74 Å². The standard InChI is InChI=1S/C14H30N2O3/c1-7-8-14(6,18)10-16-11(2)9-15-12(17)19-13(3,4)5/h11,16,18H,7-10H2,1-6H3,(H,15,17). The van der Waals surface area contributed by atoms with Gasteiger partial charge in [-0.25, -0.2) is 4.79 Å². The van der Waals surface area contributed by atoms with Gasteiger partial charge in [0, 0.05) is 19.1 Å². The molecule has 0 aliphatic heterocycles. The molecule has 114 valence electrons. The summed E-state index contributed by atoms with van der Waals surface area (Å²) in [5, 5.41) is 15.9. The maximum atomic E-state index is 11.5. The van der Waals surface area contributed by atoms with Gasteiger partial charge in [-0.1, -0.05) is 13.3 Å². The van der Waals surface area contributed by atoms with E-state index in [2.05, 4.69) is 10.6 Å². The molecule has 1 amide bonds. The molecule has 19 heavy (non-hydrogen) atoms. The molecule has 0 fully saturated rings. The molecule has 2 unspecified atom stereocenters. The average molecular weight is 274 g/mol. The van der Waals surface area contributed by atoms with Crippen LogP contribution in [0.15, 0.2) is 0 Å². The fraction of sp³-hybridized carbons (Fsp3) is 0.929. The summed E-state index contributed by atoms with van der Waals surface area (Å²) in [7, 11) is 0. The van der Waals surface area contributed by atoms with E-state index in [0.717, 1.165) is 12.8 Å². The first-order valence-electron chi connectivity index (χ1n) is 6.98. The molecule has 0 aliphatic rings. The average Bonchev–Trinajstić information content (AvgIpc) is 2.21. The molecule has 0 aromatic carbocycles. The predicted octanol–water partition coefficient (Wildman–Crippen LogP) is 2.04. The largest absolute Gasteiger partial charge is 0.444 e. The highest BCUT2D eigenvalue weighted by molar-refractivity contribution is 5.67. The molecule has 5 heteroatoms. The lowest BCUT2D eigenvalue weighted by molar-refractivity contribution is 0.0460. The van der Waals surface area contributed by atoms with Crippen molar-refractivity contribution in [3.63, 3.8) is 0 Å². The minimum Gasteiger partial charge on any atom is -0.444 e. The minimum atomic E-state index is -0.699. The first-order chi connectivity index (χ1) is 8.56. The van der Waals surface area contributed by atoms with Crippen LogP contribution < -0.4 is 10.6 Å². The number of amides is 1. The van der Waals surface area contributed by atoms with E-state index in [9.17, 15) is 9.90 Å². The highest BCUT2D eigenvalue weighted by atomic mass is 16.6. The van der Waals surface area contributed by atoms with E-state index in [1.807, 2.05) is 41.5 Å². The molecule has 0 bridgehead atoms. The van der Waals surface area contributed by atoms with Gasteiger partial charge in [0.05, 0.1) is 5.60 Å². The third-order valence-corrected chi connectivity index (χ3v) is 2.57. The zero-order chi connectivity index (χ0) is 15.1. The Kier molecular flexibility index (Phi) is 7.37. The van der Waals surface area contributed by atoms with Crippen molar-refractivity contribution >= 4 is 6.09 Å². The Labute approximate surface area is 117 Å². The molecule has 0 aliphatic carbocycles. The Morgan fingerprint density at radius 3 is 2.37 bits per heavy atom. The normalized spacial score (nSPS) is 16.6. The topological polar surface area (TPSA) is 70.6 Å². The highest BCUT2D eigenvalue weighted by Crippen LogP contribution is 2.10. The van der Waals surface area contributed by atoms with Crippen molar-refractivity contribution in [2.24, 2.45) is 0 Å². The number of ether oxygens (including phenoxy) is 1. The van der Waals surface area contributed by atoms with Crippen LogP contribution in [0.1, 0.15) is 54.4 Å². The van der Waals surface area contributed by atoms with E-state index in [0.29, 0.717) is 13.1 Å². The second kappa shape index (κ2) is 7.70. The van der Waals surface area contributed by atoms with Crippen molar-refractivity contribution in [1.29, 1.82) is 0 Å². The number of carbonyl (C=O) groups is 1. The number of alkyl carbamates (subject to hydrolysis) is 1. The fourth-order valence-corrected chi connectivity index (χ4v) is 1.64. The van der Waals surface area contributed by atoms with Crippen LogP contribution in [0, 0.1) is 0 Å². The predicted molar refractivity (Wildman–Crippen MR) is 77.2 cm³/mol. The molecule has 0 saturated heterocycles. The van der Waals surface area contributed by atoms with Gasteiger partial charge in [-0.2, -0.15) is 0 Å². The van der Waals surface area contributed by atoms with E-state index in [1.165, 1.54) is 0 Å². The SMILES string of the molecule is CCCC(C)(O)CNC(C)CNC(=O)OC(C)(C)C. The van der Waals surface area contributed by atoms with E-state index in [-0.39, 0.29) is 6.04 Å². The van der Waals surface area contributed by atoms with Crippen molar-refractivity contribution in [3.8, 4) is 0 Å². The van der Waals surface area contributed by atoms with Crippen LogP contribution in [0.5, 0.6) is 0 Å². The molecule has 0 radical (unpaired) electrons. The minimum absolute atomic E-state index is 0.0795. The monoisotopic (exact) mass is 274 g/mol. The Hall–Kier alpha value is -0.810. The summed E-state index contributed by atoms with van der Waals surface area (Å²) in [5.74, 6) is 0. The lowest BCUT2D eigenvalue weighted by atomic mass is 10.0. The van der Waals surface area contributed by atoms with Gasteiger partial charge >= 0.3 is 6.09 Å². The summed E-state index contributed by atoms with van der Waals surface area (Å²) < 4.78 is 5.14. The fourth-order valence-electron chi connectivity index (χ4n) is 1.64. The van der Waals surface area contributed by atoms with Gasteiger partial charge in [0.1, 0.15) is 5.60 Å². The van der Waals surface area contributed by atoms with Crippen molar-refractivity contribution < 1.29 is 14.6 Å². The molecule has 0 aromatic heterocycles. The molecule has 0 aromatic rings. The van der Waals surface area contributed by atoms with E-state index in [1.54, 1.807) is 0 Å².